The quantitative estimate of drug-likeness (QED) is 0.859. The lowest BCUT2D eigenvalue weighted by molar-refractivity contribution is 0.141. The van der Waals surface area contributed by atoms with Crippen molar-refractivity contribution in [2.24, 2.45) is 5.92 Å². The summed E-state index contributed by atoms with van der Waals surface area (Å²) in [5.41, 5.74) is 5.66. The molecule has 0 aromatic carbocycles. The van der Waals surface area contributed by atoms with Crippen LogP contribution in [0.3, 0.4) is 0 Å². The molecule has 1 saturated carbocycles. The summed E-state index contributed by atoms with van der Waals surface area (Å²) in [6, 6.07) is 0.601. The maximum atomic E-state index is 5.66. The number of thiazole rings is 1. The number of hydrogen-bond acceptors (Lipinski definition) is 4. The van der Waals surface area contributed by atoms with Crippen LogP contribution in [0.4, 0.5) is 5.13 Å². The topological polar surface area (TPSA) is 42.2 Å². The minimum absolute atomic E-state index is 0.601. The number of rotatable bonds is 5. The first-order valence-electron chi connectivity index (χ1n) is 6.09. The molecule has 0 saturated heterocycles. The number of nitrogens with two attached hydrogens (primary N) is 1. The van der Waals surface area contributed by atoms with E-state index in [4.69, 9.17) is 5.73 Å². The Hall–Kier alpha value is -0.610. The predicted molar refractivity (Wildman–Crippen MR) is 69.4 cm³/mol. The van der Waals surface area contributed by atoms with Crippen LogP contribution in [0.2, 0.25) is 0 Å². The van der Waals surface area contributed by atoms with Crippen LogP contribution in [0.15, 0.2) is 6.20 Å². The summed E-state index contributed by atoms with van der Waals surface area (Å²) in [4.78, 5) is 7.93. The number of nitrogens with zero attached hydrogens (tertiary/aromatic N) is 2. The lowest BCUT2D eigenvalue weighted by Crippen LogP contribution is -2.36. The van der Waals surface area contributed by atoms with Crippen LogP contribution in [0.25, 0.3) is 0 Å². The van der Waals surface area contributed by atoms with Crippen LogP contribution in [0, 0.1) is 5.92 Å². The van der Waals surface area contributed by atoms with Crippen LogP contribution in [-0.4, -0.2) is 22.5 Å². The zero-order valence-electron chi connectivity index (χ0n) is 10.1. The molecule has 3 nitrogen and oxygen atoms in total. The van der Waals surface area contributed by atoms with Crippen molar-refractivity contribution in [1.29, 1.82) is 0 Å². The highest BCUT2D eigenvalue weighted by atomic mass is 32.1. The van der Waals surface area contributed by atoms with Gasteiger partial charge in [0.15, 0.2) is 5.13 Å². The second-order valence-electron chi connectivity index (χ2n) is 4.98. The summed E-state index contributed by atoms with van der Waals surface area (Å²) in [5, 5.41) is 0.683. The lowest BCUT2D eigenvalue weighted by atomic mass is 9.85. The molecule has 0 spiro atoms. The third kappa shape index (κ3) is 2.95. The van der Waals surface area contributed by atoms with Crippen LogP contribution in [0.5, 0.6) is 0 Å². The van der Waals surface area contributed by atoms with Gasteiger partial charge in [0.05, 0.1) is 0 Å². The molecular formula is C12H21N3S. The lowest BCUT2D eigenvalue weighted by Gasteiger charge is -2.34. The zero-order valence-corrected chi connectivity index (χ0v) is 11.0. The van der Waals surface area contributed by atoms with Crippen molar-refractivity contribution in [2.75, 3.05) is 12.3 Å². The number of hydrogen-bond donors (Lipinski definition) is 1. The highest BCUT2D eigenvalue weighted by Gasteiger charge is 2.22. The number of nitrogen functional groups attached to an aromatic ring is 1. The monoisotopic (exact) mass is 239 g/mol. The van der Waals surface area contributed by atoms with E-state index in [2.05, 4.69) is 23.7 Å². The van der Waals surface area contributed by atoms with E-state index in [1.54, 1.807) is 11.3 Å². The van der Waals surface area contributed by atoms with Gasteiger partial charge in [0.2, 0.25) is 0 Å². The van der Waals surface area contributed by atoms with E-state index in [9.17, 15) is 0 Å². The van der Waals surface area contributed by atoms with Crippen molar-refractivity contribution in [3.8, 4) is 0 Å². The van der Waals surface area contributed by atoms with Gasteiger partial charge in [0, 0.05) is 30.2 Å². The second-order valence-corrected chi connectivity index (χ2v) is 6.13. The molecule has 1 aliphatic carbocycles. The molecule has 0 aliphatic heterocycles. The van der Waals surface area contributed by atoms with Crippen LogP contribution >= 0.6 is 11.3 Å². The summed E-state index contributed by atoms with van der Waals surface area (Å²) in [6.45, 7) is 6.77. The Morgan fingerprint density at radius 3 is 2.75 bits per heavy atom. The Morgan fingerprint density at radius 2 is 2.31 bits per heavy atom. The highest BCUT2D eigenvalue weighted by molar-refractivity contribution is 7.15. The average Bonchev–Trinajstić information content (AvgIpc) is 2.55. The van der Waals surface area contributed by atoms with E-state index in [-0.39, 0.29) is 0 Å². The van der Waals surface area contributed by atoms with Gasteiger partial charge < -0.3 is 5.73 Å². The molecule has 1 aliphatic rings. The maximum Gasteiger partial charge on any atom is 0.180 e. The molecule has 4 heteroatoms. The molecule has 16 heavy (non-hydrogen) atoms. The molecule has 0 amide bonds. The largest absolute Gasteiger partial charge is 0.375 e. The van der Waals surface area contributed by atoms with E-state index in [0.29, 0.717) is 11.2 Å². The summed E-state index contributed by atoms with van der Waals surface area (Å²) >= 11 is 1.61. The van der Waals surface area contributed by atoms with Gasteiger partial charge in [-0.05, 0) is 32.6 Å². The van der Waals surface area contributed by atoms with Gasteiger partial charge in [-0.2, -0.15) is 0 Å². The molecule has 0 unspecified atom stereocenters. The Bertz CT molecular complexity index is 331. The molecule has 0 atom stereocenters. The highest BCUT2D eigenvalue weighted by Crippen LogP contribution is 2.28. The van der Waals surface area contributed by atoms with E-state index >= 15 is 0 Å². The predicted octanol–water partition coefficient (Wildman–Crippen LogP) is 2.74. The standard InChI is InChI=1S/C12H21N3S/c1-9(2)15(7-10-4-3-5-10)8-11-6-14-12(13)16-11/h6,9-10H,3-5,7-8H2,1-2H3,(H2,13,14). The summed E-state index contributed by atoms with van der Waals surface area (Å²) in [7, 11) is 0. The summed E-state index contributed by atoms with van der Waals surface area (Å²) < 4.78 is 0. The van der Waals surface area contributed by atoms with Crippen molar-refractivity contribution < 1.29 is 0 Å². The van der Waals surface area contributed by atoms with Gasteiger partial charge in [-0.1, -0.05) is 6.42 Å². The molecule has 2 N–H and O–H groups in total. The Balaban J connectivity index is 1.91. The molecule has 1 heterocycles. The molecule has 90 valence electrons. The normalized spacial score (nSPS) is 17.0. The fourth-order valence-electron chi connectivity index (χ4n) is 2.06. The number of anilines is 1. The van der Waals surface area contributed by atoms with Crippen LogP contribution in [-0.2, 0) is 6.54 Å². The molecule has 0 bridgehead atoms. The van der Waals surface area contributed by atoms with Gasteiger partial charge in [-0.25, -0.2) is 4.98 Å². The third-order valence-electron chi connectivity index (χ3n) is 3.38. The van der Waals surface area contributed by atoms with E-state index < -0.39 is 0 Å². The average molecular weight is 239 g/mol. The first-order valence-corrected chi connectivity index (χ1v) is 6.91. The molecule has 1 aromatic rings. The Labute approximate surface area is 102 Å². The van der Waals surface area contributed by atoms with Gasteiger partial charge in [0.25, 0.3) is 0 Å². The van der Waals surface area contributed by atoms with Crippen LogP contribution < -0.4 is 5.73 Å². The van der Waals surface area contributed by atoms with E-state index in [1.807, 2.05) is 6.20 Å². The third-order valence-corrected chi connectivity index (χ3v) is 4.19. The van der Waals surface area contributed by atoms with Crippen molar-refractivity contribution in [3.05, 3.63) is 11.1 Å². The zero-order chi connectivity index (χ0) is 11.5. The van der Waals surface area contributed by atoms with E-state index in [1.165, 1.54) is 30.7 Å². The van der Waals surface area contributed by atoms with Gasteiger partial charge >= 0.3 is 0 Å². The number of aromatic nitrogens is 1. The van der Waals surface area contributed by atoms with Crippen molar-refractivity contribution in [1.82, 2.24) is 9.88 Å². The van der Waals surface area contributed by atoms with Crippen LogP contribution in [0.1, 0.15) is 38.0 Å². The minimum Gasteiger partial charge on any atom is -0.375 e. The van der Waals surface area contributed by atoms with E-state index in [0.717, 1.165) is 12.5 Å². The summed E-state index contributed by atoms with van der Waals surface area (Å²) in [6.07, 6.45) is 6.16. The first-order chi connectivity index (χ1) is 7.65. The molecular weight excluding hydrogens is 218 g/mol. The molecule has 0 radical (unpaired) electrons. The second kappa shape index (κ2) is 5.15. The molecule has 1 fully saturated rings. The first kappa shape index (κ1) is 11.9. The van der Waals surface area contributed by atoms with Gasteiger partial charge in [-0.15, -0.1) is 11.3 Å². The molecule has 1 aromatic heterocycles. The minimum atomic E-state index is 0.601. The van der Waals surface area contributed by atoms with Crippen molar-refractivity contribution >= 4 is 16.5 Å². The SMILES string of the molecule is CC(C)N(Cc1cnc(N)s1)CC1CCC1. The molecule has 2 rings (SSSR count). The van der Waals surface area contributed by atoms with Gasteiger partial charge in [0.1, 0.15) is 0 Å². The summed E-state index contributed by atoms with van der Waals surface area (Å²) in [5.74, 6) is 0.924. The van der Waals surface area contributed by atoms with Gasteiger partial charge in [-0.3, -0.25) is 4.90 Å². The van der Waals surface area contributed by atoms with Crippen molar-refractivity contribution in [2.45, 2.75) is 45.7 Å². The fraction of sp³-hybridized carbons (Fsp3) is 0.750. The maximum absolute atomic E-state index is 5.66. The fourth-order valence-corrected chi connectivity index (χ4v) is 2.77. The Morgan fingerprint density at radius 1 is 1.56 bits per heavy atom. The smallest absolute Gasteiger partial charge is 0.180 e. The Kier molecular flexibility index (Phi) is 3.82. The van der Waals surface area contributed by atoms with Crippen molar-refractivity contribution in [3.63, 3.8) is 0 Å².